The predicted octanol–water partition coefficient (Wildman–Crippen LogP) is 2.74. The van der Waals surface area contributed by atoms with Crippen molar-refractivity contribution in [1.82, 2.24) is 10.1 Å². The minimum Gasteiger partial charge on any atom is -0.387 e. The van der Waals surface area contributed by atoms with Gasteiger partial charge in [0.25, 0.3) is 0 Å². The zero-order valence-electron chi connectivity index (χ0n) is 12.2. The Bertz CT molecular complexity index is 609. The number of aliphatic hydroxyl groups is 1. The number of likely N-dealkylation sites (N-methyl/N-ethyl adjacent to an activating group) is 1. The van der Waals surface area contributed by atoms with Gasteiger partial charge in [0.05, 0.1) is 11.8 Å². The minimum absolute atomic E-state index is 0.0411. The molecule has 0 aliphatic rings. The third-order valence-electron chi connectivity index (χ3n) is 3.41. The zero-order chi connectivity index (χ0) is 15.6. The summed E-state index contributed by atoms with van der Waals surface area (Å²) in [7, 11) is 1.78. The molecular formula is C15H18F2N2O2. The highest BCUT2D eigenvalue weighted by molar-refractivity contribution is 5.22. The molecule has 0 amide bonds. The lowest BCUT2D eigenvalue weighted by Gasteiger charge is -2.21. The summed E-state index contributed by atoms with van der Waals surface area (Å²) in [5.41, 5.74) is 1.68. The maximum absolute atomic E-state index is 13.6. The highest BCUT2D eigenvalue weighted by Gasteiger charge is 2.18. The third-order valence-corrected chi connectivity index (χ3v) is 3.41. The number of nitrogens with zero attached hydrogens (tertiary/aromatic N) is 2. The summed E-state index contributed by atoms with van der Waals surface area (Å²) in [5, 5.41) is 13.9. The second-order valence-corrected chi connectivity index (χ2v) is 5.18. The van der Waals surface area contributed by atoms with Crippen molar-refractivity contribution in [3.8, 4) is 0 Å². The van der Waals surface area contributed by atoms with Crippen LogP contribution in [0.3, 0.4) is 0 Å². The zero-order valence-corrected chi connectivity index (χ0v) is 12.2. The number of benzene rings is 1. The van der Waals surface area contributed by atoms with Crippen LogP contribution in [0.15, 0.2) is 22.7 Å². The molecule has 114 valence electrons. The standard InChI is InChI=1S/C15H18F2N2O2/c1-9-13(10(2)21-18-9)7-19(3)8-15(20)12-6-11(16)4-5-14(12)17/h4-6,15,20H,7-8H2,1-3H3. The molecule has 0 radical (unpaired) electrons. The van der Waals surface area contributed by atoms with Crippen LogP contribution < -0.4 is 0 Å². The Kier molecular flexibility index (Phi) is 4.69. The fourth-order valence-corrected chi connectivity index (χ4v) is 2.23. The molecule has 2 aromatic rings. The van der Waals surface area contributed by atoms with Gasteiger partial charge in [-0.2, -0.15) is 0 Å². The van der Waals surface area contributed by atoms with Crippen molar-refractivity contribution in [2.24, 2.45) is 0 Å². The van der Waals surface area contributed by atoms with Gasteiger partial charge in [0.2, 0.25) is 0 Å². The molecule has 1 heterocycles. The quantitative estimate of drug-likeness (QED) is 0.921. The van der Waals surface area contributed by atoms with Crippen molar-refractivity contribution in [3.63, 3.8) is 0 Å². The van der Waals surface area contributed by atoms with Gasteiger partial charge in [-0.15, -0.1) is 0 Å². The number of aromatic nitrogens is 1. The van der Waals surface area contributed by atoms with Gasteiger partial charge < -0.3 is 9.63 Å². The Morgan fingerprint density at radius 1 is 1.33 bits per heavy atom. The van der Waals surface area contributed by atoms with E-state index in [1.165, 1.54) is 0 Å². The molecule has 0 spiro atoms. The highest BCUT2D eigenvalue weighted by atomic mass is 19.1. The Morgan fingerprint density at radius 3 is 2.67 bits per heavy atom. The van der Waals surface area contributed by atoms with Gasteiger partial charge in [-0.1, -0.05) is 5.16 Å². The average molecular weight is 296 g/mol. The van der Waals surface area contributed by atoms with E-state index in [1.54, 1.807) is 7.05 Å². The SMILES string of the molecule is Cc1noc(C)c1CN(C)CC(O)c1cc(F)ccc1F. The molecule has 1 N–H and O–H groups in total. The number of rotatable bonds is 5. The molecule has 0 aliphatic carbocycles. The molecule has 1 atom stereocenters. The second-order valence-electron chi connectivity index (χ2n) is 5.18. The van der Waals surface area contributed by atoms with Crippen LogP contribution in [0.2, 0.25) is 0 Å². The van der Waals surface area contributed by atoms with Crippen molar-refractivity contribution < 1.29 is 18.4 Å². The van der Waals surface area contributed by atoms with Crippen LogP contribution in [0.4, 0.5) is 8.78 Å². The van der Waals surface area contributed by atoms with E-state index in [1.807, 2.05) is 18.7 Å². The van der Waals surface area contributed by atoms with Gasteiger partial charge in [0.1, 0.15) is 17.4 Å². The Balaban J connectivity index is 2.05. The monoisotopic (exact) mass is 296 g/mol. The molecule has 0 bridgehead atoms. The van der Waals surface area contributed by atoms with E-state index in [0.717, 1.165) is 29.5 Å². The average Bonchev–Trinajstić information content (AvgIpc) is 2.73. The molecule has 0 saturated heterocycles. The van der Waals surface area contributed by atoms with E-state index >= 15 is 0 Å². The van der Waals surface area contributed by atoms with Crippen LogP contribution in [-0.4, -0.2) is 28.8 Å². The fraction of sp³-hybridized carbons (Fsp3) is 0.400. The second kappa shape index (κ2) is 6.32. The summed E-state index contributed by atoms with van der Waals surface area (Å²) in [4.78, 5) is 1.81. The van der Waals surface area contributed by atoms with Crippen LogP contribution in [0.1, 0.15) is 28.7 Å². The molecule has 1 aromatic heterocycles. The third kappa shape index (κ3) is 3.65. The van der Waals surface area contributed by atoms with Crippen molar-refractivity contribution >= 4 is 0 Å². The minimum atomic E-state index is -1.11. The van der Waals surface area contributed by atoms with Crippen molar-refractivity contribution in [2.75, 3.05) is 13.6 Å². The summed E-state index contributed by atoms with van der Waals surface area (Å²) < 4.78 is 31.8. The van der Waals surface area contributed by atoms with E-state index in [0.29, 0.717) is 12.3 Å². The van der Waals surface area contributed by atoms with Crippen LogP contribution in [0.5, 0.6) is 0 Å². The number of hydrogen-bond acceptors (Lipinski definition) is 4. The normalized spacial score (nSPS) is 12.9. The molecule has 21 heavy (non-hydrogen) atoms. The molecule has 4 nitrogen and oxygen atoms in total. The van der Waals surface area contributed by atoms with E-state index in [2.05, 4.69) is 5.16 Å². The molecule has 0 fully saturated rings. The molecule has 0 aliphatic heterocycles. The van der Waals surface area contributed by atoms with Gasteiger partial charge in [0, 0.05) is 24.2 Å². The Morgan fingerprint density at radius 2 is 2.05 bits per heavy atom. The first-order valence-corrected chi connectivity index (χ1v) is 6.61. The van der Waals surface area contributed by atoms with Gasteiger partial charge in [-0.05, 0) is 39.1 Å². The summed E-state index contributed by atoms with van der Waals surface area (Å²) in [6, 6.07) is 3.06. The topological polar surface area (TPSA) is 49.5 Å². The van der Waals surface area contributed by atoms with Crippen LogP contribution in [0.25, 0.3) is 0 Å². The first-order valence-electron chi connectivity index (χ1n) is 6.61. The van der Waals surface area contributed by atoms with Gasteiger partial charge >= 0.3 is 0 Å². The lowest BCUT2D eigenvalue weighted by molar-refractivity contribution is 0.120. The van der Waals surface area contributed by atoms with Crippen LogP contribution in [0, 0.1) is 25.5 Å². The number of aryl methyl sites for hydroxylation is 2. The smallest absolute Gasteiger partial charge is 0.138 e. The number of halogens is 2. The molecule has 0 saturated carbocycles. The summed E-state index contributed by atoms with van der Waals surface area (Å²) in [5.74, 6) is -0.473. The largest absolute Gasteiger partial charge is 0.387 e. The maximum atomic E-state index is 13.6. The van der Waals surface area contributed by atoms with Crippen molar-refractivity contribution in [1.29, 1.82) is 0 Å². The van der Waals surface area contributed by atoms with Gasteiger partial charge in [-0.25, -0.2) is 8.78 Å². The number of aliphatic hydroxyl groups excluding tert-OH is 1. The van der Waals surface area contributed by atoms with E-state index in [-0.39, 0.29) is 12.1 Å². The maximum Gasteiger partial charge on any atom is 0.138 e. The molecule has 1 unspecified atom stereocenters. The molecule has 2 rings (SSSR count). The highest BCUT2D eigenvalue weighted by Crippen LogP contribution is 2.21. The first-order chi connectivity index (χ1) is 9.88. The molecule has 1 aromatic carbocycles. The van der Waals surface area contributed by atoms with Crippen molar-refractivity contribution in [2.45, 2.75) is 26.5 Å². The summed E-state index contributed by atoms with van der Waals surface area (Å²) >= 11 is 0. The Labute approximate surface area is 122 Å². The van der Waals surface area contributed by atoms with Crippen LogP contribution in [-0.2, 0) is 6.54 Å². The first kappa shape index (κ1) is 15.6. The lowest BCUT2D eigenvalue weighted by Crippen LogP contribution is -2.25. The number of hydrogen-bond donors (Lipinski definition) is 1. The van der Waals surface area contributed by atoms with Crippen molar-refractivity contribution in [3.05, 3.63) is 52.4 Å². The molecule has 6 heteroatoms. The van der Waals surface area contributed by atoms with E-state index in [4.69, 9.17) is 4.52 Å². The van der Waals surface area contributed by atoms with E-state index < -0.39 is 17.7 Å². The van der Waals surface area contributed by atoms with Gasteiger partial charge in [0.15, 0.2) is 0 Å². The summed E-state index contributed by atoms with van der Waals surface area (Å²) in [6.45, 7) is 4.33. The lowest BCUT2D eigenvalue weighted by atomic mass is 10.1. The molecular weight excluding hydrogens is 278 g/mol. The Hall–Kier alpha value is -1.79. The van der Waals surface area contributed by atoms with E-state index in [9.17, 15) is 13.9 Å². The predicted molar refractivity (Wildman–Crippen MR) is 73.6 cm³/mol. The summed E-state index contributed by atoms with van der Waals surface area (Å²) in [6.07, 6.45) is -1.11. The fourth-order valence-electron chi connectivity index (χ4n) is 2.23. The van der Waals surface area contributed by atoms with Gasteiger partial charge in [-0.3, -0.25) is 4.90 Å². The van der Waals surface area contributed by atoms with Crippen LogP contribution >= 0.6 is 0 Å².